The van der Waals surface area contributed by atoms with Crippen LogP contribution in [-0.2, 0) is 6.42 Å². The third-order valence-electron chi connectivity index (χ3n) is 3.14. The quantitative estimate of drug-likeness (QED) is 0.653. The van der Waals surface area contributed by atoms with Crippen LogP contribution >= 0.6 is 0 Å². The number of rotatable bonds is 5. The maximum absolute atomic E-state index is 13.7. The average molecular weight is 278 g/mol. The lowest BCUT2D eigenvalue weighted by Crippen LogP contribution is -2.30. The van der Waals surface area contributed by atoms with Crippen molar-refractivity contribution in [2.45, 2.75) is 12.5 Å². The van der Waals surface area contributed by atoms with E-state index in [0.29, 0.717) is 17.5 Å². The number of hydrazine groups is 1. The van der Waals surface area contributed by atoms with Crippen LogP contribution in [0.2, 0.25) is 0 Å². The first kappa shape index (κ1) is 14.4. The molecule has 0 heterocycles. The SMILES string of the molecule is COc1ccc(CC(NN)c2ccccc2F)cc1F. The minimum absolute atomic E-state index is 0.178. The standard InChI is InChI=1S/C15H16F2N2O/c1-20-15-7-6-10(8-13(15)17)9-14(19-18)11-4-2-3-5-12(11)16/h2-8,14,19H,9,18H2,1H3. The van der Waals surface area contributed by atoms with Crippen LogP contribution in [-0.4, -0.2) is 7.11 Å². The Morgan fingerprint density at radius 1 is 1.15 bits per heavy atom. The summed E-state index contributed by atoms with van der Waals surface area (Å²) in [7, 11) is 1.40. The van der Waals surface area contributed by atoms with Gasteiger partial charge < -0.3 is 4.74 Å². The molecule has 0 fully saturated rings. The van der Waals surface area contributed by atoms with Gasteiger partial charge in [-0.15, -0.1) is 0 Å². The molecule has 0 aliphatic carbocycles. The zero-order chi connectivity index (χ0) is 14.5. The number of nitrogens with one attached hydrogen (secondary N) is 1. The fourth-order valence-electron chi connectivity index (χ4n) is 2.09. The molecule has 0 aliphatic heterocycles. The van der Waals surface area contributed by atoms with Gasteiger partial charge in [0.25, 0.3) is 0 Å². The molecule has 2 aromatic rings. The minimum atomic E-state index is -0.450. The molecule has 3 nitrogen and oxygen atoms in total. The summed E-state index contributed by atoms with van der Waals surface area (Å²) < 4.78 is 32.2. The van der Waals surface area contributed by atoms with E-state index >= 15 is 0 Å². The molecule has 5 heteroatoms. The van der Waals surface area contributed by atoms with Crippen molar-refractivity contribution in [1.29, 1.82) is 0 Å². The molecule has 0 saturated carbocycles. The molecule has 20 heavy (non-hydrogen) atoms. The number of halogens is 2. The molecular weight excluding hydrogens is 262 g/mol. The number of nitrogens with two attached hydrogens (primary N) is 1. The first-order valence-electron chi connectivity index (χ1n) is 6.18. The van der Waals surface area contributed by atoms with E-state index in [1.165, 1.54) is 19.2 Å². The normalized spacial score (nSPS) is 12.2. The van der Waals surface area contributed by atoms with E-state index in [1.54, 1.807) is 30.3 Å². The molecule has 0 saturated heterocycles. The van der Waals surface area contributed by atoms with Gasteiger partial charge in [-0.1, -0.05) is 24.3 Å². The Morgan fingerprint density at radius 2 is 1.90 bits per heavy atom. The highest BCUT2D eigenvalue weighted by Crippen LogP contribution is 2.23. The third kappa shape index (κ3) is 3.12. The van der Waals surface area contributed by atoms with Crippen LogP contribution in [0.15, 0.2) is 42.5 Å². The molecule has 2 aromatic carbocycles. The van der Waals surface area contributed by atoms with Gasteiger partial charge in [0.1, 0.15) is 5.82 Å². The van der Waals surface area contributed by atoms with Crippen molar-refractivity contribution >= 4 is 0 Å². The Hall–Kier alpha value is -1.98. The first-order chi connectivity index (χ1) is 9.65. The second-order valence-corrected chi connectivity index (χ2v) is 4.41. The Kier molecular flexibility index (Phi) is 4.65. The Morgan fingerprint density at radius 3 is 2.50 bits per heavy atom. The maximum atomic E-state index is 13.7. The fraction of sp³-hybridized carbons (Fsp3) is 0.200. The highest BCUT2D eigenvalue weighted by Gasteiger charge is 2.15. The number of methoxy groups -OCH3 is 1. The largest absolute Gasteiger partial charge is 0.494 e. The van der Waals surface area contributed by atoms with Crippen molar-refractivity contribution < 1.29 is 13.5 Å². The highest BCUT2D eigenvalue weighted by molar-refractivity contribution is 5.31. The van der Waals surface area contributed by atoms with Crippen LogP contribution in [0, 0.1) is 11.6 Å². The molecule has 106 valence electrons. The Labute approximate surface area is 116 Å². The van der Waals surface area contributed by atoms with Crippen LogP contribution < -0.4 is 16.0 Å². The number of hydrogen-bond donors (Lipinski definition) is 2. The molecule has 1 unspecified atom stereocenters. The van der Waals surface area contributed by atoms with Gasteiger partial charge in [0.2, 0.25) is 0 Å². The van der Waals surface area contributed by atoms with E-state index in [4.69, 9.17) is 10.6 Å². The second kappa shape index (κ2) is 6.45. The van der Waals surface area contributed by atoms with E-state index in [2.05, 4.69) is 5.43 Å². The molecule has 1 atom stereocenters. The fourth-order valence-corrected chi connectivity index (χ4v) is 2.09. The van der Waals surface area contributed by atoms with E-state index < -0.39 is 11.9 Å². The molecule has 0 aromatic heterocycles. The van der Waals surface area contributed by atoms with Crippen LogP contribution in [0.3, 0.4) is 0 Å². The van der Waals surface area contributed by atoms with Crippen molar-refractivity contribution in [3.63, 3.8) is 0 Å². The lowest BCUT2D eigenvalue weighted by atomic mass is 9.99. The van der Waals surface area contributed by atoms with Gasteiger partial charge in [-0.3, -0.25) is 11.3 Å². The topological polar surface area (TPSA) is 47.3 Å². The number of benzene rings is 2. The van der Waals surface area contributed by atoms with Crippen molar-refractivity contribution in [2.75, 3.05) is 7.11 Å². The van der Waals surface area contributed by atoms with Crippen molar-refractivity contribution in [3.05, 3.63) is 65.2 Å². The molecular formula is C15H16F2N2O. The van der Waals surface area contributed by atoms with E-state index in [0.717, 1.165) is 0 Å². The number of hydrogen-bond acceptors (Lipinski definition) is 3. The summed E-state index contributed by atoms with van der Waals surface area (Å²) in [5.74, 6) is 4.87. The lowest BCUT2D eigenvalue weighted by molar-refractivity contribution is 0.386. The zero-order valence-electron chi connectivity index (χ0n) is 11.1. The predicted molar refractivity (Wildman–Crippen MR) is 73.1 cm³/mol. The molecule has 0 radical (unpaired) electrons. The number of ether oxygens (including phenoxy) is 1. The monoisotopic (exact) mass is 278 g/mol. The van der Waals surface area contributed by atoms with Crippen LogP contribution in [0.25, 0.3) is 0 Å². The summed E-state index contributed by atoms with van der Waals surface area (Å²) in [5.41, 5.74) is 3.72. The van der Waals surface area contributed by atoms with E-state index in [1.807, 2.05) is 0 Å². The van der Waals surface area contributed by atoms with E-state index in [-0.39, 0.29) is 11.6 Å². The third-order valence-corrected chi connectivity index (χ3v) is 3.14. The first-order valence-corrected chi connectivity index (χ1v) is 6.18. The van der Waals surface area contributed by atoms with Gasteiger partial charge in [0, 0.05) is 5.56 Å². The smallest absolute Gasteiger partial charge is 0.165 e. The molecule has 2 rings (SSSR count). The second-order valence-electron chi connectivity index (χ2n) is 4.41. The molecule has 0 bridgehead atoms. The predicted octanol–water partition coefficient (Wildman–Crippen LogP) is 2.72. The summed E-state index contributed by atoms with van der Waals surface area (Å²) >= 11 is 0. The van der Waals surface area contributed by atoms with Crippen LogP contribution in [0.4, 0.5) is 8.78 Å². The van der Waals surface area contributed by atoms with Crippen molar-refractivity contribution in [1.82, 2.24) is 5.43 Å². The summed E-state index contributed by atoms with van der Waals surface area (Å²) in [6.45, 7) is 0. The van der Waals surface area contributed by atoms with Gasteiger partial charge in [0.15, 0.2) is 11.6 Å². The molecule has 0 amide bonds. The average Bonchev–Trinajstić information content (AvgIpc) is 2.46. The summed E-state index contributed by atoms with van der Waals surface area (Å²) in [4.78, 5) is 0. The summed E-state index contributed by atoms with van der Waals surface area (Å²) in [6, 6.07) is 10.6. The minimum Gasteiger partial charge on any atom is -0.494 e. The summed E-state index contributed by atoms with van der Waals surface area (Å²) in [6.07, 6.45) is 0.373. The van der Waals surface area contributed by atoms with Crippen molar-refractivity contribution in [3.8, 4) is 5.75 Å². The summed E-state index contributed by atoms with van der Waals surface area (Å²) in [5, 5.41) is 0. The Bertz CT molecular complexity index is 590. The molecule has 0 spiro atoms. The van der Waals surface area contributed by atoms with Gasteiger partial charge in [-0.25, -0.2) is 8.78 Å². The molecule has 3 N–H and O–H groups in total. The zero-order valence-corrected chi connectivity index (χ0v) is 11.1. The van der Waals surface area contributed by atoms with Gasteiger partial charge in [-0.2, -0.15) is 0 Å². The Balaban J connectivity index is 2.23. The maximum Gasteiger partial charge on any atom is 0.165 e. The van der Waals surface area contributed by atoms with Crippen molar-refractivity contribution in [2.24, 2.45) is 5.84 Å². The van der Waals surface area contributed by atoms with Gasteiger partial charge in [-0.05, 0) is 30.2 Å². The van der Waals surface area contributed by atoms with Gasteiger partial charge >= 0.3 is 0 Å². The van der Waals surface area contributed by atoms with Crippen LogP contribution in [0.1, 0.15) is 17.2 Å². The highest BCUT2D eigenvalue weighted by atomic mass is 19.1. The van der Waals surface area contributed by atoms with Crippen LogP contribution in [0.5, 0.6) is 5.75 Å². The van der Waals surface area contributed by atoms with E-state index in [9.17, 15) is 8.78 Å². The lowest BCUT2D eigenvalue weighted by Gasteiger charge is -2.17. The van der Waals surface area contributed by atoms with Gasteiger partial charge in [0.05, 0.1) is 13.2 Å². The molecule has 0 aliphatic rings.